The van der Waals surface area contributed by atoms with Crippen LogP contribution in [0.15, 0.2) is 42.7 Å². The molecule has 1 heterocycles. The molecule has 2 aromatic rings. The van der Waals surface area contributed by atoms with Crippen molar-refractivity contribution in [2.24, 2.45) is 0 Å². The predicted molar refractivity (Wildman–Crippen MR) is 87.6 cm³/mol. The molecule has 0 spiro atoms. The molecule has 114 valence electrons. The summed E-state index contributed by atoms with van der Waals surface area (Å²) in [5.74, 6) is 0. The summed E-state index contributed by atoms with van der Waals surface area (Å²) in [5.41, 5.74) is 2.45. The van der Waals surface area contributed by atoms with E-state index in [9.17, 15) is 0 Å². The van der Waals surface area contributed by atoms with Crippen LogP contribution < -0.4 is 10.6 Å². The molecule has 2 rings (SSSR count). The van der Waals surface area contributed by atoms with E-state index in [1.807, 2.05) is 29.1 Å². The van der Waals surface area contributed by atoms with Gasteiger partial charge in [-0.1, -0.05) is 18.2 Å². The molecule has 0 bridgehead atoms. The zero-order valence-corrected chi connectivity index (χ0v) is 13.4. The van der Waals surface area contributed by atoms with Crippen molar-refractivity contribution < 1.29 is 0 Å². The Labute approximate surface area is 127 Å². The zero-order valence-electron chi connectivity index (χ0n) is 13.4. The summed E-state index contributed by atoms with van der Waals surface area (Å²) in [4.78, 5) is 0. The molecule has 0 fully saturated rings. The van der Waals surface area contributed by atoms with Gasteiger partial charge in [0.25, 0.3) is 0 Å². The van der Waals surface area contributed by atoms with E-state index < -0.39 is 0 Å². The van der Waals surface area contributed by atoms with Gasteiger partial charge in [-0.3, -0.25) is 0 Å². The third-order valence-corrected chi connectivity index (χ3v) is 3.25. The monoisotopic (exact) mass is 286 g/mol. The fourth-order valence-corrected chi connectivity index (χ4v) is 2.00. The highest BCUT2D eigenvalue weighted by Gasteiger charge is 2.11. The molecule has 1 atom stereocenters. The highest BCUT2D eigenvalue weighted by atomic mass is 15.3. The van der Waals surface area contributed by atoms with Crippen LogP contribution in [0.3, 0.4) is 0 Å². The Morgan fingerprint density at radius 2 is 1.90 bits per heavy atom. The number of rotatable bonds is 6. The van der Waals surface area contributed by atoms with E-state index in [2.05, 4.69) is 61.8 Å². The Morgan fingerprint density at radius 3 is 2.57 bits per heavy atom. The first kappa shape index (κ1) is 15.7. The van der Waals surface area contributed by atoms with Crippen LogP contribution in [-0.4, -0.2) is 27.9 Å². The molecule has 0 aliphatic heterocycles. The van der Waals surface area contributed by atoms with Crippen molar-refractivity contribution in [1.29, 1.82) is 0 Å². The van der Waals surface area contributed by atoms with Gasteiger partial charge < -0.3 is 10.6 Å². The number of aromatic nitrogens is 2. The van der Waals surface area contributed by atoms with Crippen LogP contribution in [0.1, 0.15) is 33.3 Å². The van der Waals surface area contributed by atoms with Crippen LogP contribution in [0.4, 0.5) is 0 Å². The van der Waals surface area contributed by atoms with Crippen molar-refractivity contribution in [2.75, 3.05) is 6.54 Å². The third kappa shape index (κ3) is 5.33. The Kier molecular flexibility index (Phi) is 5.15. The van der Waals surface area contributed by atoms with E-state index in [0.717, 1.165) is 18.8 Å². The molecule has 4 nitrogen and oxygen atoms in total. The van der Waals surface area contributed by atoms with Gasteiger partial charge in [-0.15, -0.1) is 0 Å². The van der Waals surface area contributed by atoms with Crippen molar-refractivity contribution in [1.82, 2.24) is 20.4 Å². The summed E-state index contributed by atoms with van der Waals surface area (Å²) >= 11 is 0. The van der Waals surface area contributed by atoms with Crippen molar-refractivity contribution >= 4 is 0 Å². The SMILES string of the molecule is CC(CNC(C)(C)C)NCc1cnn(-c2ccccc2)c1. The minimum atomic E-state index is 0.161. The second kappa shape index (κ2) is 6.87. The lowest BCUT2D eigenvalue weighted by Gasteiger charge is -2.23. The molecule has 4 heteroatoms. The van der Waals surface area contributed by atoms with Gasteiger partial charge in [0.1, 0.15) is 0 Å². The second-order valence-electron chi connectivity index (χ2n) is 6.54. The van der Waals surface area contributed by atoms with Crippen LogP contribution >= 0.6 is 0 Å². The van der Waals surface area contributed by atoms with E-state index in [4.69, 9.17) is 0 Å². The largest absolute Gasteiger partial charge is 0.311 e. The Hall–Kier alpha value is -1.65. The molecule has 1 unspecified atom stereocenters. The maximum atomic E-state index is 4.41. The molecule has 21 heavy (non-hydrogen) atoms. The van der Waals surface area contributed by atoms with Gasteiger partial charge in [0.2, 0.25) is 0 Å². The molecule has 1 aromatic carbocycles. The van der Waals surface area contributed by atoms with Crippen LogP contribution in [-0.2, 0) is 6.54 Å². The second-order valence-corrected chi connectivity index (χ2v) is 6.54. The fraction of sp³-hybridized carbons (Fsp3) is 0.471. The molecule has 2 N–H and O–H groups in total. The fourth-order valence-electron chi connectivity index (χ4n) is 2.00. The smallest absolute Gasteiger partial charge is 0.0645 e. The normalized spacial score (nSPS) is 13.3. The first-order valence-electron chi connectivity index (χ1n) is 7.51. The molecule has 0 saturated heterocycles. The molecular formula is C17H26N4. The average molecular weight is 286 g/mol. The number of para-hydroxylation sites is 1. The summed E-state index contributed by atoms with van der Waals surface area (Å²) < 4.78 is 1.91. The summed E-state index contributed by atoms with van der Waals surface area (Å²) in [6.45, 7) is 10.5. The Balaban J connectivity index is 1.83. The molecule has 0 aliphatic rings. The molecule has 0 aliphatic carbocycles. The van der Waals surface area contributed by atoms with Crippen LogP contribution in [0.2, 0.25) is 0 Å². The lowest BCUT2D eigenvalue weighted by molar-refractivity contribution is 0.387. The van der Waals surface area contributed by atoms with Gasteiger partial charge >= 0.3 is 0 Å². The lowest BCUT2D eigenvalue weighted by Crippen LogP contribution is -2.44. The minimum Gasteiger partial charge on any atom is -0.311 e. The molecular weight excluding hydrogens is 260 g/mol. The van der Waals surface area contributed by atoms with Gasteiger partial charge in [0.05, 0.1) is 11.9 Å². The summed E-state index contributed by atoms with van der Waals surface area (Å²) in [6, 6.07) is 10.6. The van der Waals surface area contributed by atoms with E-state index in [1.165, 1.54) is 5.56 Å². The van der Waals surface area contributed by atoms with Gasteiger partial charge in [-0.2, -0.15) is 5.10 Å². The van der Waals surface area contributed by atoms with Crippen LogP contribution in [0.5, 0.6) is 0 Å². The number of benzene rings is 1. The quantitative estimate of drug-likeness (QED) is 0.858. The Bertz CT molecular complexity index is 539. The third-order valence-electron chi connectivity index (χ3n) is 3.25. The van der Waals surface area contributed by atoms with Crippen molar-refractivity contribution in [3.05, 3.63) is 48.3 Å². The van der Waals surface area contributed by atoms with Crippen molar-refractivity contribution in [3.8, 4) is 5.69 Å². The average Bonchev–Trinajstić information content (AvgIpc) is 2.92. The first-order valence-corrected chi connectivity index (χ1v) is 7.51. The Morgan fingerprint density at radius 1 is 1.19 bits per heavy atom. The predicted octanol–water partition coefficient (Wildman–Crippen LogP) is 2.74. The first-order chi connectivity index (χ1) is 9.94. The highest BCUT2D eigenvalue weighted by molar-refractivity contribution is 5.30. The number of hydrogen-bond donors (Lipinski definition) is 2. The number of hydrogen-bond acceptors (Lipinski definition) is 3. The number of nitrogens with zero attached hydrogens (tertiary/aromatic N) is 2. The zero-order chi connectivity index (χ0) is 15.3. The highest BCUT2D eigenvalue weighted by Crippen LogP contribution is 2.07. The van der Waals surface area contributed by atoms with Crippen molar-refractivity contribution in [2.45, 2.75) is 45.8 Å². The minimum absolute atomic E-state index is 0.161. The molecule has 0 saturated carbocycles. The summed E-state index contributed by atoms with van der Waals surface area (Å²) in [7, 11) is 0. The standard InChI is InChI=1S/C17H26N4/c1-14(10-19-17(2,3)4)18-11-15-12-20-21(13-15)16-8-6-5-7-9-16/h5-9,12-14,18-19H,10-11H2,1-4H3. The topological polar surface area (TPSA) is 41.9 Å². The van der Waals surface area contributed by atoms with Gasteiger partial charge in [0.15, 0.2) is 0 Å². The van der Waals surface area contributed by atoms with Gasteiger partial charge in [-0.05, 0) is 39.8 Å². The van der Waals surface area contributed by atoms with E-state index in [1.54, 1.807) is 0 Å². The summed E-state index contributed by atoms with van der Waals surface area (Å²) in [5, 5.41) is 11.4. The van der Waals surface area contributed by atoms with Gasteiger partial charge in [0, 0.05) is 36.4 Å². The molecule has 0 radical (unpaired) electrons. The summed E-state index contributed by atoms with van der Waals surface area (Å²) in [6.07, 6.45) is 4.00. The maximum Gasteiger partial charge on any atom is 0.0645 e. The van der Waals surface area contributed by atoms with Crippen LogP contribution in [0.25, 0.3) is 5.69 Å². The lowest BCUT2D eigenvalue weighted by atomic mass is 10.1. The van der Waals surface area contributed by atoms with E-state index in [0.29, 0.717) is 6.04 Å². The van der Waals surface area contributed by atoms with Crippen LogP contribution in [0, 0.1) is 0 Å². The molecule has 1 aromatic heterocycles. The molecule has 0 amide bonds. The number of nitrogens with one attached hydrogen (secondary N) is 2. The maximum absolute atomic E-state index is 4.41. The van der Waals surface area contributed by atoms with E-state index >= 15 is 0 Å². The van der Waals surface area contributed by atoms with E-state index in [-0.39, 0.29) is 5.54 Å². The van der Waals surface area contributed by atoms with Crippen molar-refractivity contribution in [3.63, 3.8) is 0 Å². The van der Waals surface area contributed by atoms with Gasteiger partial charge in [-0.25, -0.2) is 4.68 Å².